The van der Waals surface area contributed by atoms with Gasteiger partial charge in [0.05, 0.1) is 5.69 Å². The van der Waals surface area contributed by atoms with E-state index in [0.717, 1.165) is 38.3 Å². The molecule has 0 saturated carbocycles. The van der Waals surface area contributed by atoms with Crippen LogP contribution in [0.15, 0.2) is 24.5 Å². The third kappa shape index (κ3) is 2.39. The van der Waals surface area contributed by atoms with Crippen LogP contribution in [0.1, 0.15) is 16.9 Å². The molecular formula is C13H16N4O2. The number of anilines is 1. The summed E-state index contributed by atoms with van der Waals surface area (Å²) in [7, 11) is 0. The Kier molecular flexibility index (Phi) is 3.08. The van der Waals surface area contributed by atoms with Crippen molar-refractivity contribution in [3.63, 3.8) is 0 Å². The SMILES string of the molecule is O=C(O)c1cn2cc(N3CCCNCC3)ccc2n1. The Hall–Kier alpha value is -2.08. The van der Waals surface area contributed by atoms with Crippen molar-refractivity contribution in [1.29, 1.82) is 0 Å². The average Bonchev–Trinajstić information content (AvgIpc) is 2.64. The van der Waals surface area contributed by atoms with Crippen molar-refractivity contribution < 1.29 is 9.90 Å². The first-order valence-corrected chi connectivity index (χ1v) is 6.42. The molecule has 19 heavy (non-hydrogen) atoms. The first-order valence-electron chi connectivity index (χ1n) is 6.42. The molecule has 0 amide bonds. The van der Waals surface area contributed by atoms with Crippen molar-refractivity contribution >= 4 is 17.3 Å². The number of carboxylic acid groups (broad SMARTS) is 1. The van der Waals surface area contributed by atoms with Crippen LogP contribution in [0, 0.1) is 0 Å². The lowest BCUT2D eigenvalue weighted by Gasteiger charge is -2.22. The van der Waals surface area contributed by atoms with E-state index in [9.17, 15) is 4.79 Å². The molecule has 0 aliphatic carbocycles. The smallest absolute Gasteiger partial charge is 0.356 e. The van der Waals surface area contributed by atoms with Gasteiger partial charge in [0.15, 0.2) is 5.69 Å². The molecule has 0 unspecified atom stereocenters. The third-order valence-electron chi connectivity index (χ3n) is 3.36. The number of fused-ring (bicyclic) bond motifs is 1. The monoisotopic (exact) mass is 260 g/mol. The Balaban J connectivity index is 1.93. The van der Waals surface area contributed by atoms with E-state index >= 15 is 0 Å². The van der Waals surface area contributed by atoms with Crippen molar-refractivity contribution in [2.75, 3.05) is 31.1 Å². The number of aromatic nitrogens is 2. The molecule has 1 aliphatic rings. The molecule has 0 radical (unpaired) electrons. The van der Waals surface area contributed by atoms with E-state index in [2.05, 4.69) is 15.2 Å². The van der Waals surface area contributed by atoms with Crippen LogP contribution in [0.2, 0.25) is 0 Å². The summed E-state index contributed by atoms with van der Waals surface area (Å²) in [5.41, 5.74) is 1.84. The number of hydrogen-bond acceptors (Lipinski definition) is 4. The molecule has 3 rings (SSSR count). The van der Waals surface area contributed by atoms with Gasteiger partial charge in [-0.1, -0.05) is 0 Å². The minimum absolute atomic E-state index is 0.0784. The van der Waals surface area contributed by atoms with Gasteiger partial charge in [-0.2, -0.15) is 0 Å². The van der Waals surface area contributed by atoms with Crippen molar-refractivity contribution in [2.24, 2.45) is 0 Å². The van der Waals surface area contributed by atoms with Gasteiger partial charge in [0.2, 0.25) is 0 Å². The maximum atomic E-state index is 10.9. The predicted molar refractivity (Wildman–Crippen MR) is 71.9 cm³/mol. The number of rotatable bonds is 2. The molecule has 1 fully saturated rings. The van der Waals surface area contributed by atoms with E-state index in [-0.39, 0.29) is 5.69 Å². The highest BCUT2D eigenvalue weighted by Gasteiger charge is 2.12. The zero-order valence-corrected chi connectivity index (χ0v) is 10.5. The minimum Gasteiger partial charge on any atom is -0.476 e. The number of carbonyl (C=O) groups is 1. The predicted octanol–water partition coefficient (Wildman–Crippen LogP) is 0.832. The number of nitrogens with zero attached hydrogens (tertiary/aromatic N) is 3. The molecule has 2 aromatic heterocycles. The third-order valence-corrected chi connectivity index (χ3v) is 3.36. The van der Waals surface area contributed by atoms with Crippen molar-refractivity contribution in [2.45, 2.75) is 6.42 Å². The van der Waals surface area contributed by atoms with Crippen molar-refractivity contribution in [3.8, 4) is 0 Å². The van der Waals surface area contributed by atoms with Crippen LogP contribution in [-0.4, -0.2) is 46.6 Å². The number of imidazole rings is 1. The van der Waals surface area contributed by atoms with Crippen LogP contribution >= 0.6 is 0 Å². The first-order chi connectivity index (χ1) is 9.24. The second-order valence-electron chi connectivity index (χ2n) is 4.67. The van der Waals surface area contributed by atoms with E-state index in [0.29, 0.717) is 5.65 Å². The summed E-state index contributed by atoms with van der Waals surface area (Å²) in [6, 6.07) is 3.86. The average molecular weight is 260 g/mol. The molecule has 100 valence electrons. The van der Waals surface area contributed by atoms with Crippen LogP contribution in [0.5, 0.6) is 0 Å². The molecule has 6 nitrogen and oxygen atoms in total. The highest BCUT2D eigenvalue weighted by Crippen LogP contribution is 2.17. The number of hydrogen-bond donors (Lipinski definition) is 2. The number of pyridine rings is 1. The lowest BCUT2D eigenvalue weighted by atomic mass is 10.3. The quantitative estimate of drug-likeness (QED) is 0.837. The summed E-state index contributed by atoms with van der Waals surface area (Å²) in [6.45, 7) is 4.00. The van der Waals surface area contributed by atoms with Crippen LogP contribution in [0.4, 0.5) is 5.69 Å². The van der Waals surface area contributed by atoms with Gasteiger partial charge in [0.25, 0.3) is 0 Å². The molecule has 0 aromatic carbocycles. The first kappa shape index (κ1) is 12.0. The Morgan fingerprint density at radius 1 is 1.26 bits per heavy atom. The molecule has 3 heterocycles. The second kappa shape index (κ2) is 4.89. The summed E-state index contributed by atoms with van der Waals surface area (Å²) in [5, 5.41) is 12.3. The van der Waals surface area contributed by atoms with Gasteiger partial charge >= 0.3 is 5.97 Å². The number of nitrogens with one attached hydrogen (secondary N) is 1. The van der Waals surface area contributed by atoms with Crippen LogP contribution in [0.3, 0.4) is 0 Å². The Morgan fingerprint density at radius 3 is 3.00 bits per heavy atom. The molecule has 0 spiro atoms. The molecule has 2 N–H and O–H groups in total. The van der Waals surface area contributed by atoms with Gasteiger partial charge in [0.1, 0.15) is 5.65 Å². The second-order valence-corrected chi connectivity index (χ2v) is 4.67. The number of aromatic carboxylic acids is 1. The fourth-order valence-corrected chi connectivity index (χ4v) is 2.37. The summed E-state index contributed by atoms with van der Waals surface area (Å²) in [5.74, 6) is -0.996. The van der Waals surface area contributed by atoms with E-state index in [1.165, 1.54) is 0 Å². The lowest BCUT2D eigenvalue weighted by molar-refractivity contribution is 0.0691. The topological polar surface area (TPSA) is 69.9 Å². The summed E-state index contributed by atoms with van der Waals surface area (Å²) in [4.78, 5) is 17.3. The lowest BCUT2D eigenvalue weighted by Crippen LogP contribution is -2.27. The van der Waals surface area contributed by atoms with Gasteiger partial charge in [-0.05, 0) is 25.1 Å². The number of carboxylic acids is 1. The van der Waals surface area contributed by atoms with Crippen molar-refractivity contribution in [1.82, 2.24) is 14.7 Å². The Morgan fingerprint density at radius 2 is 2.16 bits per heavy atom. The van der Waals surface area contributed by atoms with Crippen LogP contribution in [-0.2, 0) is 0 Å². The Labute approximate surface area is 110 Å². The Bertz CT molecular complexity index is 600. The highest BCUT2D eigenvalue weighted by molar-refractivity contribution is 5.86. The molecule has 1 saturated heterocycles. The highest BCUT2D eigenvalue weighted by atomic mass is 16.4. The summed E-state index contributed by atoms with van der Waals surface area (Å²) < 4.78 is 1.77. The molecule has 1 aliphatic heterocycles. The largest absolute Gasteiger partial charge is 0.476 e. The minimum atomic E-state index is -0.996. The van der Waals surface area contributed by atoms with Gasteiger partial charge < -0.3 is 19.7 Å². The standard InChI is InChI=1S/C13H16N4O2/c18-13(19)11-9-17-8-10(2-3-12(17)15-11)16-6-1-4-14-5-7-16/h2-3,8-9,14H,1,4-7H2,(H,18,19). The van der Waals surface area contributed by atoms with Crippen molar-refractivity contribution in [3.05, 3.63) is 30.2 Å². The van der Waals surface area contributed by atoms with Gasteiger partial charge in [0, 0.05) is 32.0 Å². The van der Waals surface area contributed by atoms with E-state index in [1.54, 1.807) is 10.6 Å². The maximum absolute atomic E-state index is 10.9. The van der Waals surface area contributed by atoms with Crippen LogP contribution in [0.25, 0.3) is 5.65 Å². The fraction of sp³-hybridized carbons (Fsp3) is 0.385. The maximum Gasteiger partial charge on any atom is 0.356 e. The zero-order valence-electron chi connectivity index (χ0n) is 10.5. The van der Waals surface area contributed by atoms with E-state index < -0.39 is 5.97 Å². The normalized spacial score (nSPS) is 16.5. The zero-order chi connectivity index (χ0) is 13.2. The van der Waals surface area contributed by atoms with E-state index in [1.807, 2.05) is 18.3 Å². The summed E-state index contributed by atoms with van der Waals surface area (Å²) >= 11 is 0. The van der Waals surface area contributed by atoms with Crippen LogP contribution < -0.4 is 10.2 Å². The molecule has 6 heteroatoms. The van der Waals surface area contributed by atoms with Gasteiger partial charge in [-0.15, -0.1) is 0 Å². The molecule has 0 atom stereocenters. The van der Waals surface area contributed by atoms with Gasteiger partial charge in [-0.3, -0.25) is 0 Å². The fourth-order valence-electron chi connectivity index (χ4n) is 2.37. The molecule has 0 bridgehead atoms. The molecular weight excluding hydrogens is 244 g/mol. The summed E-state index contributed by atoms with van der Waals surface area (Å²) in [6.07, 6.45) is 4.61. The van der Waals surface area contributed by atoms with E-state index in [4.69, 9.17) is 5.11 Å². The van der Waals surface area contributed by atoms with Gasteiger partial charge in [-0.25, -0.2) is 9.78 Å². The molecule has 2 aromatic rings.